The smallest absolute Gasteiger partial charge is 0.335 e. The molecule has 0 spiro atoms. The molecule has 4 aliphatic rings. The molecule has 0 saturated carbocycles. The fraction of sp³-hybridized carbons (Fsp3) is 0.914. The summed E-state index contributed by atoms with van der Waals surface area (Å²) in [4.78, 5) is 36.3. The Labute approximate surface area is 329 Å². The average molecular weight is 829 g/mol. The number of aliphatic hydroxyl groups is 6. The fourth-order valence-corrected chi connectivity index (χ4v) is 7.91. The van der Waals surface area contributed by atoms with Gasteiger partial charge in [-0.05, 0) is 6.92 Å². The van der Waals surface area contributed by atoms with E-state index in [1.165, 1.54) is 14.0 Å². The van der Waals surface area contributed by atoms with Gasteiger partial charge in [0.1, 0.15) is 36.6 Å². The topological polar surface area (TPSA) is 334 Å². The number of aliphatic hydroxyl groups excluding tert-OH is 6. The predicted molar refractivity (Wildman–Crippen MR) is 188 cm³/mol. The molecule has 22 heteroatoms. The van der Waals surface area contributed by atoms with E-state index in [1.54, 1.807) is 13.8 Å². The lowest BCUT2D eigenvalue weighted by Crippen LogP contribution is -2.65. The lowest BCUT2D eigenvalue weighted by atomic mass is 9.85. The number of carbonyl (C=O) groups excluding carboxylic acids is 1. The van der Waals surface area contributed by atoms with Crippen molar-refractivity contribution in [2.45, 2.75) is 124 Å². The van der Waals surface area contributed by atoms with Crippen LogP contribution in [0.1, 0.15) is 20.8 Å². The van der Waals surface area contributed by atoms with Crippen LogP contribution in [0.15, 0.2) is 0 Å². The summed E-state index contributed by atoms with van der Waals surface area (Å²) in [6.07, 6.45) is -18.6. The maximum atomic E-state index is 12.4. The summed E-state index contributed by atoms with van der Waals surface area (Å²) in [6, 6.07) is -1.92. The summed E-state index contributed by atoms with van der Waals surface area (Å²) < 4.78 is 50.7. The highest BCUT2D eigenvalue weighted by Gasteiger charge is 2.51. The van der Waals surface area contributed by atoms with Crippen LogP contribution in [0.25, 0.3) is 0 Å². The first-order chi connectivity index (χ1) is 27.0. The number of carboxylic acid groups (broad SMARTS) is 2. The summed E-state index contributed by atoms with van der Waals surface area (Å²) in [6.45, 7) is 2.69. The molecule has 0 aromatic rings. The standard InChI is InChI=1S/C35H60N2O20/c1-13-19(10-51-7-16-14(2)54-20(9-49-4)23(36)26(16)41)56-33(35(47)48)31(25(13)40)53-12-21-24(37-15(3)39)27(42)17(18(6-38)55-21)8-52-11-22-28(43)29(44)30(50-5)32(57-22)34(45)46/h13-14,16-33,38,40-44H,6-12,36H2,1-5H3,(H,37,39)(H,45,46)(H,47,48)/t13?,14?,16-,17-,18?,19-,20-,21-,22-,23?,24?,25+,26-,27-,28?,29+,30+,31+,32?,33?/m0/s1. The molecular formula is C35H60N2O20. The van der Waals surface area contributed by atoms with E-state index in [2.05, 4.69) is 5.32 Å². The first-order valence-corrected chi connectivity index (χ1v) is 18.9. The van der Waals surface area contributed by atoms with Crippen molar-refractivity contribution >= 4 is 17.8 Å². The van der Waals surface area contributed by atoms with E-state index >= 15 is 0 Å². The molecule has 8 unspecified atom stereocenters. The molecule has 4 rings (SSSR count). The second-order valence-electron chi connectivity index (χ2n) is 15.1. The summed E-state index contributed by atoms with van der Waals surface area (Å²) in [5.41, 5.74) is 6.15. The third-order valence-electron chi connectivity index (χ3n) is 11.3. The summed E-state index contributed by atoms with van der Waals surface area (Å²) >= 11 is 0. The van der Waals surface area contributed by atoms with Crippen molar-refractivity contribution in [3.8, 4) is 0 Å². The van der Waals surface area contributed by atoms with Gasteiger partial charge in [-0.25, -0.2) is 9.59 Å². The van der Waals surface area contributed by atoms with Crippen LogP contribution in [0, 0.1) is 17.8 Å². The molecule has 4 heterocycles. The zero-order valence-electron chi connectivity index (χ0n) is 32.6. The number of carboxylic acids is 2. The Hall–Kier alpha value is -2.23. The number of amides is 1. The van der Waals surface area contributed by atoms with Crippen LogP contribution in [-0.2, 0) is 57.0 Å². The SMILES string of the molecule is COC[C@@H]1OC(C)[C@H](COC[C@@H]2OC(C(=O)O)[C@H](OC[C@@H]3OC(CO)[C@H](COC[C@@H]4OC(C(=O)O)[C@H](OC)[C@H](O)C4O)[C@H](O)C3NC(C)=O)[C@H](O)C2C)[C@H](O)C1N. The molecule has 0 bridgehead atoms. The Morgan fingerprint density at radius 2 is 1.25 bits per heavy atom. The Kier molecular flexibility index (Phi) is 17.8. The molecule has 0 radical (unpaired) electrons. The quantitative estimate of drug-likeness (QED) is 0.0617. The highest BCUT2D eigenvalue weighted by atomic mass is 16.6. The molecule has 1 amide bonds. The molecule has 22 nitrogen and oxygen atoms in total. The van der Waals surface area contributed by atoms with Gasteiger partial charge in [-0.2, -0.15) is 0 Å². The zero-order valence-corrected chi connectivity index (χ0v) is 32.6. The van der Waals surface area contributed by atoms with Crippen molar-refractivity contribution in [1.82, 2.24) is 5.32 Å². The van der Waals surface area contributed by atoms with Crippen molar-refractivity contribution < 1.29 is 97.9 Å². The van der Waals surface area contributed by atoms with E-state index in [9.17, 15) is 55.2 Å². The minimum Gasteiger partial charge on any atom is -0.479 e. The van der Waals surface area contributed by atoms with Crippen molar-refractivity contribution in [1.29, 1.82) is 0 Å². The number of hydrogen-bond donors (Lipinski definition) is 10. The summed E-state index contributed by atoms with van der Waals surface area (Å²) in [7, 11) is 2.65. The molecule has 4 saturated heterocycles. The van der Waals surface area contributed by atoms with E-state index in [0.717, 1.165) is 7.11 Å². The number of nitrogens with one attached hydrogen (secondary N) is 1. The second-order valence-corrected chi connectivity index (χ2v) is 15.1. The minimum absolute atomic E-state index is 0.000545. The summed E-state index contributed by atoms with van der Waals surface area (Å²) in [5, 5.41) is 86.9. The van der Waals surface area contributed by atoms with Gasteiger partial charge in [0.2, 0.25) is 5.91 Å². The van der Waals surface area contributed by atoms with Crippen molar-refractivity contribution in [2.24, 2.45) is 23.5 Å². The van der Waals surface area contributed by atoms with Crippen LogP contribution in [0.4, 0.5) is 0 Å². The maximum absolute atomic E-state index is 12.4. The second kappa shape index (κ2) is 21.3. The van der Waals surface area contributed by atoms with Crippen LogP contribution in [0.2, 0.25) is 0 Å². The molecule has 0 aromatic heterocycles. The van der Waals surface area contributed by atoms with Crippen LogP contribution in [0.3, 0.4) is 0 Å². The molecule has 330 valence electrons. The number of carbonyl (C=O) groups is 3. The van der Waals surface area contributed by atoms with Crippen molar-refractivity contribution in [3.05, 3.63) is 0 Å². The van der Waals surface area contributed by atoms with Gasteiger partial charge >= 0.3 is 11.9 Å². The fourth-order valence-electron chi connectivity index (χ4n) is 7.91. The largest absolute Gasteiger partial charge is 0.479 e. The first-order valence-electron chi connectivity index (χ1n) is 18.9. The molecule has 11 N–H and O–H groups in total. The number of ether oxygens (including phenoxy) is 9. The molecule has 4 fully saturated rings. The van der Waals surface area contributed by atoms with E-state index in [1.807, 2.05) is 0 Å². The lowest BCUT2D eigenvalue weighted by Gasteiger charge is -2.46. The van der Waals surface area contributed by atoms with Crippen LogP contribution >= 0.6 is 0 Å². The molecule has 20 atom stereocenters. The number of aliphatic carboxylic acids is 2. The monoisotopic (exact) mass is 828 g/mol. The molecule has 0 aliphatic carbocycles. The Morgan fingerprint density at radius 3 is 1.82 bits per heavy atom. The van der Waals surface area contributed by atoms with Crippen LogP contribution in [0.5, 0.6) is 0 Å². The van der Waals surface area contributed by atoms with Gasteiger partial charge in [0.25, 0.3) is 0 Å². The van der Waals surface area contributed by atoms with Gasteiger partial charge < -0.3 is 94.5 Å². The Balaban J connectivity index is 1.37. The third-order valence-corrected chi connectivity index (χ3v) is 11.3. The average Bonchev–Trinajstić information content (AvgIpc) is 3.16. The Morgan fingerprint density at radius 1 is 0.649 bits per heavy atom. The normalized spacial score (nSPS) is 44.0. The minimum atomic E-state index is -1.69. The molecular weight excluding hydrogens is 768 g/mol. The molecule has 0 aromatic carbocycles. The molecule has 4 aliphatic heterocycles. The molecule has 57 heavy (non-hydrogen) atoms. The number of nitrogens with two attached hydrogens (primary N) is 1. The lowest BCUT2D eigenvalue weighted by molar-refractivity contribution is -0.251. The zero-order chi connectivity index (χ0) is 42.3. The summed E-state index contributed by atoms with van der Waals surface area (Å²) in [5.74, 6) is -5.71. The maximum Gasteiger partial charge on any atom is 0.335 e. The first kappa shape index (κ1) is 47.4. The number of rotatable bonds is 18. The van der Waals surface area contributed by atoms with Crippen LogP contribution < -0.4 is 11.1 Å². The van der Waals surface area contributed by atoms with Gasteiger partial charge in [-0.15, -0.1) is 0 Å². The number of methoxy groups -OCH3 is 2. The van der Waals surface area contributed by atoms with Crippen molar-refractivity contribution in [2.75, 3.05) is 60.5 Å². The van der Waals surface area contributed by atoms with Gasteiger partial charge in [0.05, 0.1) is 101 Å². The van der Waals surface area contributed by atoms with Crippen LogP contribution in [-0.4, -0.2) is 223 Å². The predicted octanol–water partition coefficient (Wildman–Crippen LogP) is -5.18. The van der Waals surface area contributed by atoms with E-state index < -0.39 is 159 Å². The number of hydrogen-bond acceptors (Lipinski definition) is 19. The van der Waals surface area contributed by atoms with E-state index in [0.29, 0.717) is 0 Å². The van der Waals surface area contributed by atoms with Gasteiger partial charge in [0, 0.05) is 38.9 Å². The highest BCUT2D eigenvalue weighted by molar-refractivity contribution is 5.74. The van der Waals surface area contributed by atoms with E-state index in [4.69, 9.17) is 48.4 Å². The van der Waals surface area contributed by atoms with Gasteiger partial charge in [-0.3, -0.25) is 4.79 Å². The Bertz CT molecular complexity index is 1300. The van der Waals surface area contributed by atoms with Gasteiger partial charge in [0.15, 0.2) is 12.2 Å². The van der Waals surface area contributed by atoms with Crippen molar-refractivity contribution in [3.63, 3.8) is 0 Å². The van der Waals surface area contributed by atoms with E-state index in [-0.39, 0.29) is 26.4 Å². The third kappa shape index (κ3) is 11.1. The highest BCUT2D eigenvalue weighted by Crippen LogP contribution is 2.33. The van der Waals surface area contributed by atoms with Gasteiger partial charge in [-0.1, -0.05) is 6.92 Å².